The van der Waals surface area contributed by atoms with E-state index in [0.717, 1.165) is 10.9 Å². The molecule has 0 saturated carbocycles. The molecular weight excluding hydrogens is 424 g/mol. The van der Waals surface area contributed by atoms with E-state index in [1.807, 2.05) is 24.3 Å². The Hall–Kier alpha value is -3.17. The van der Waals surface area contributed by atoms with Crippen LogP contribution in [0.15, 0.2) is 53.0 Å². The molecule has 0 bridgehead atoms. The summed E-state index contributed by atoms with van der Waals surface area (Å²) in [6.07, 6.45) is 4.68. The number of aromatic amines is 1. The molecule has 2 heterocycles. The van der Waals surface area contributed by atoms with Crippen LogP contribution < -0.4 is 10.1 Å². The highest BCUT2D eigenvalue weighted by Gasteiger charge is 2.15. The molecule has 30 heavy (non-hydrogen) atoms. The Balaban J connectivity index is 1.71. The van der Waals surface area contributed by atoms with Crippen molar-refractivity contribution in [1.82, 2.24) is 20.2 Å². The summed E-state index contributed by atoms with van der Waals surface area (Å²) in [5.41, 5.74) is 3.24. The number of para-hydroxylation sites is 1. The average Bonchev–Trinajstić information content (AvgIpc) is 3.13. The van der Waals surface area contributed by atoms with E-state index in [9.17, 15) is 4.21 Å². The second kappa shape index (κ2) is 7.92. The van der Waals surface area contributed by atoms with Gasteiger partial charge < -0.3 is 10.1 Å². The van der Waals surface area contributed by atoms with Crippen LogP contribution in [0, 0.1) is 0 Å². The van der Waals surface area contributed by atoms with E-state index in [2.05, 4.69) is 29.8 Å². The predicted molar refractivity (Wildman–Crippen MR) is 120 cm³/mol. The first-order valence-corrected chi connectivity index (χ1v) is 11.6. The third kappa shape index (κ3) is 4.22. The largest absolute Gasteiger partial charge is 0.494 e. The Morgan fingerprint density at radius 2 is 1.97 bits per heavy atom. The number of ether oxygens (including phenoxy) is 1. The number of nitrogens with zero attached hydrogens (tertiary/aromatic N) is 4. The van der Waals surface area contributed by atoms with E-state index in [0.29, 0.717) is 39.5 Å². The first-order chi connectivity index (χ1) is 14.3. The van der Waals surface area contributed by atoms with Crippen molar-refractivity contribution in [3.05, 3.63) is 53.7 Å². The molecular formula is C20H19ClN6O2S. The van der Waals surface area contributed by atoms with Crippen LogP contribution in [-0.4, -0.2) is 44.0 Å². The maximum Gasteiger partial charge on any atom is 0.227 e. The lowest BCUT2D eigenvalue weighted by atomic mass is 10.1. The van der Waals surface area contributed by atoms with Crippen LogP contribution in [0.4, 0.5) is 17.3 Å². The minimum atomic E-state index is -2.28. The Morgan fingerprint density at radius 1 is 1.17 bits per heavy atom. The molecule has 0 aliphatic rings. The molecule has 0 aliphatic carbocycles. The first-order valence-electron chi connectivity index (χ1n) is 8.92. The molecule has 10 heteroatoms. The number of fused-ring (bicyclic) bond motifs is 1. The van der Waals surface area contributed by atoms with Gasteiger partial charge in [-0.05, 0) is 18.2 Å². The monoisotopic (exact) mass is 442 g/mol. The van der Waals surface area contributed by atoms with Crippen molar-refractivity contribution in [1.29, 1.82) is 0 Å². The molecule has 0 unspecified atom stereocenters. The third-order valence-electron chi connectivity index (χ3n) is 4.20. The smallest absolute Gasteiger partial charge is 0.227 e. The van der Waals surface area contributed by atoms with Crippen molar-refractivity contribution < 1.29 is 8.95 Å². The second-order valence-corrected chi connectivity index (χ2v) is 9.74. The van der Waals surface area contributed by atoms with E-state index in [1.165, 1.54) is 6.20 Å². The van der Waals surface area contributed by atoms with E-state index in [4.69, 9.17) is 16.3 Å². The maximum absolute atomic E-state index is 11.9. The molecule has 2 aromatic carbocycles. The number of nitrogens with one attached hydrogen (secondary N) is 2. The van der Waals surface area contributed by atoms with Crippen LogP contribution in [0.2, 0.25) is 5.02 Å². The number of anilines is 2. The Bertz CT molecular complexity index is 1350. The molecule has 154 valence electrons. The molecule has 0 saturated heterocycles. The molecule has 4 aromatic rings. The van der Waals surface area contributed by atoms with Gasteiger partial charge in [0.05, 0.1) is 35.2 Å². The van der Waals surface area contributed by atoms with Crippen LogP contribution in [-0.2, 0) is 9.73 Å². The molecule has 0 amide bonds. The highest BCUT2D eigenvalue weighted by molar-refractivity contribution is 7.92. The quantitative estimate of drug-likeness (QED) is 0.460. The zero-order chi connectivity index (χ0) is 21.3. The lowest BCUT2D eigenvalue weighted by molar-refractivity contribution is 0.417. The van der Waals surface area contributed by atoms with Gasteiger partial charge in [-0.25, -0.2) is 14.2 Å². The molecule has 0 radical (unpaired) electrons. The number of aromatic nitrogens is 4. The first kappa shape index (κ1) is 20.1. The molecule has 4 rings (SSSR count). The summed E-state index contributed by atoms with van der Waals surface area (Å²) in [7, 11) is -0.732. The third-order valence-corrected chi connectivity index (χ3v) is 5.12. The van der Waals surface area contributed by atoms with Crippen LogP contribution in [0.1, 0.15) is 0 Å². The highest BCUT2D eigenvalue weighted by Crippen LogP contribution is 2.34. The normalized spacial score (nSPS) is 11.5. The Labute approximate surface area is 178 Å². The van der Waals surface area contributed by atoms with E-state index in [-0.39, 0.29) is 0 Å². The van der Waals surface area contributed by atoms with Gasteiger partial charge in [0, 0.05) is 33.7 Å². The molecule has 0 atom stereocenters. The number of halogens is 1. The lowest BCUT2D eigenvalue weighted by Crippen LogP contribution is -2.01. The molecule has 0 aliphatic heterocycles. The Morgan fingerprint density at radius 3 is 2.73 bits per heavy atom. The van der Waals surface area contributed by atoms with Crippen LogP contribution in [0.25, 0.3) is 22.3 Å². The van der Waals surface area contributed by atoms with Gasteiger partial charge in [-0.3, -0.25) is 5.10 Å². The molecule has 0 spiro atoms. The minimum Gasteiger partial charge on any atom is -0.494 e. The number of rotatable bonds is 5. The van der Waals surface area contributed by atoms with Gasteiger partial charge in [0.2, 0.25) is 5.95 Å². The van der Waals surface area contributed by atoms with Crippen molar-refractivity contribution in [2.24, 2.45) is 4.36 Å². The van der Waals surface area contributed by atoms with Gasteiger partial charge in [0.1, 0.15) is 17.1 Å². The maximum atomic E-state index is 11.9. The molecule has 8 nitrogen and oxygen atoms in total. The number of H-pyrrole nitrogens is 1. The molecule has 2 N–H and O–H groups in total. The summed E-state index contributed by atoms with van der Waals surface area (Å²) >= 11 is 6.36. The summed E-state index contributed by atoms with van der Waals surface area (Å²) in [4.78, 5) is 8.82. The zero-order valence-corrected chi connectivity index (χ0v) is 18.1. The fraction of sp³-hybridized carbons (Fsp3) is 0.150. The van der Waals surface area contributed by atoms with Crippen molar-refractivity contribution in [2.45, 2.75) is 0 Å². The van der Waals surface area contributed by atoms with Crippen LogP contribution in [0.5, 0.6) is 5.75 Å². The fourth-order valence-electron chi connectivity index (χ4n) is 2.95. The van der Waals surface area contributed by atoms with Crippen molar-refractivity contribution >= 4 is 49.6 Å². The summed E-state index contributed by atoms with van der Waals surface area (Å²) in [5, 5.41) is 11.8. The topological polar surface area (TPSA) is 105 Å². The van der Waals surface area contributed by atoms with E-state index >= 15 is 0 Å². The number of hydrogen-bond acceptors (Lipinski definition) is 7. The van der Waals surface area contributed by atoms with Gasteiger partial charge in [-0.2, -0.15) is 9.46 Å². The molecule has 0 fully saturated rings. The SMILES string of the molecule is COc1cc(N=S(C)(C)=O)ccc1Nc1ncc(Cl)c(-c2n[nH]c3ccccc23)n1. The second-order valence-electron chi connectivity index (χ2n) is 6.79. The van der Waals surface area contributed by atoms with Crippen molar-refractivity contribution in [2.75, 3.05) is 24.9 Å². The highest BCUT2D eigenvalue weighted by atomic mass is 35.5. The average molecular weight is 443 g/mol. The summed E-state index contributed by atoms with van der Waals surface area (Å²) < 4.78 is 21.6. The van der Waals surface area contributed by atoms with Crippen LogP contribution >= 0.6 is 11.6 Å². The number of hydrogen-bond donors (Lipinski definition) is 2. The van der Waals surface area contributed by atoms with Crippen LogP contribution in [0.3, 0.4) is 0 Å². The van der Waals surface area contributed by atoms with Gasteiger partial charge in [-0.1, -0.05) is 29.8 Å². The standard InChI is InChI=1S/C20H19ClN6O2S/c1-29-17-10-12(27-30(2,3)28)8-9-16(17)23-20-22-11-14(21)19(24-20)18-13-6-4-5-7-15(13)25-26-18/h4-11H,1-3H3,(H,25,26)(H,22,23,24). The summed E-state index contributed by atoms with van der Waals surface area (Å²) in [5.74, 6) is 0.851. The molecule has 2 aromatic heterocycles. The van der Waals surface area contributed by atoms with Gasteiger partial charge in [-0.15, -0.1) is 0 Å². The predicted octanol–water partition coefficient (Wildman–Crippen LogP) is 4.78. The van der Waals surface area contributed by atoms with Crippen molar-refractivity contribution in [3.63, 3.8) is 0 Å². The number of benzene rings is 2. The summed E-state index contributed by atoms with van der Waals surface area (Å²) in [6, 6.07) is 13.0. The van der Waals surface area contributed by atoms with Gasteiger partial charge >= 0.3 is 0 Å². The van der Waals surface area contributed by atoms with Gasteiger partial charge in [0.15, 0.2) is 0 Å². The minimum absolute atomic E-state index is 0.333. The fourth-order valence-corrected chi connectivity index (χ4v) is 3.75. The van der Waals surface area contributed by atoms with E-state index in [1.54, 1.807) is 37.8 Å². The Kier molecular flexibility index (Phi) is 5.31. The zero-order valence-electron chi connectivity index (χ0n) is 16.5. The number of methoxy groups -OCH3 is 1. The van der Waals surface area contributed by atoms with Crippen molar-refractivity contribution in [3.8, 4) is 17.1 Å². The van der Waals surface area contributed by atoms with Gasteiger partial charge in [0.25, 0.3) is 0 Å². The van der Waals surface area contributed by atoms with E-state index < -0.39 is 9.73 Å². The lowest BCUT2D eigenvalue weighted by Gasteiger charge is -2.12. The summed E-state index contributed by atoms with van der Waals surface area (Å²) in [6.45, 7) is 0.